The second-order valence-corrected chi connectivity index (χ2v) is 31.8. The van der Waals surface area contributed by atoms with Gasteiger partial charge in [0.25, 0.3) is 0 Å². The Morgan fingerprint density at radius 2 is 0.582 bits per heavy atom. The molecule has 0 amide bonds. The van der Waals surface area contributed by atoms with Crippen LogP contribution in [0, 0.1) is 0 Å². The van der Waals surface area contributed by atoms with Crippen LogP contribution in [0.4, 0.5) is 0 Å². The molecule has 0 aliphatic carbocycles. The Kier molecular flexibility index (Phi) is 14.0. The van der Waals surface area contributed by atoms with Gasteiger partial charge in [-0.3, -0.25) is 0 Å². The van der Waals surface area contributed by atoms with E-state index in [2.05, 4.69) is 387 Å². The molecule has 0 fully saturated rings. The fourth-order valence-electron chi connectivity index (χ4n) is 18.1. The van der Waals surface area contributed by atoms with Crippen molar-refractivity contribution in [3.8, 4) is 67.3 Å². The Bertz CT molecular complexity index is 7490. The highest BCUT2D eigenvalue weighted by Crippen LogP contribution is 2.45. The molecule has 0 saturated heterocycles. The number of benzene rings is 16. The molecule has 6 nitrogen and oxygen atoms in total. The minimum absolute atomic E-state index is 0.0122. The third-order valence-electron chi connectivity index (χ3n) is 23.7. The van der Waals surface area contributed by atoms with Gasteiger partial charge >= 0.3 is 0 Å². The first-order valence-corrected chi connectivity index (χ1v) is 38.3. The van der Waals surface area contributed by atoms with Gasteiger partial charge in [-0.05, 0) is 218 Å². The van der Waals surface area contributed by atoms with Crippen molar-refractivity contribution in [1.82, 2.24) is 18.3 Å². The molecule has 0 bridgehead atoms. The molecule has 22 aromatic rings. The van der Waals surface area contributed by atoms with Crippen molar-refractivity contribution < 1.29 is 8.83 Å². The lowest BCUT2D eigenvalue weighted by molar-refractivity contribution is 0.523. The molecule has 0 aliphatic rings. The van der Waals surface area contributed by atoms with E-state index in [1.807, 2.05) is 12.1 Å². The molecule has 16 aromatic carbocycles. The van der Waals surface area contributed by atoms with E-state index in [0.29, 0.717) is 0 Å². The van der Waals surface area contributed by atoms with Gasteiger partial charge in [-0.25, -0.2) is 0 Å². The fraction of sp³-hybridized carbons (Fsp3) is 0.0769. The number of nitrogens with zero attached hydrogens (tertiary/aromatic N) is 4. The van der Waals surface area contributed by atoms with Crippen molar-refractivity contribution in [2.75, 3.05) is 0 Å². The van der Waals surface area contributed by atoms with E-state index in [1.165, 1.54) is 148 Å². The van der Waals surface area contributed by atoms with Crippen LogP contribution in [0.1, 0.15) is 51.3 Å². The molecule has 22 rings (SSSR count). The summed E-state index contributed by atoms with van der Waals surface area (Å²) in [6.45, 7) is 11.8. The SMILES string of the molecule is CC(C)(C)c1ccc2c(c1)c1cc(CC(C)(C)c3ccc4c(c3)c3ccccc3n4-c3ccc(-c4ccc(-c5ccc(-n6c7ccccc7c7ccc8oc9ccccc9c8c76)cc5)cc4)cc3)ccc1n2-c1ccc(-c2ccc(-c3ccc(-n4c5ccccc5c5cc6oc7ccccc7c6cc54)cc3)cc2)cc1. The Morgan fingerprint density at radius 3 is 1.09 bits per heavy atom. The molecule has 0 spiro atoms. The van der Waals surface area contributed by atoms with Crippen LogP contribution in [-0.4, -0.2) is 18.3 Å². The van der Waals surface area contributed by atoms with Gasteiger partial charge in [0.2, 0.25) is 0 Å². The first-order chi connectivity index (χ1) is 53.9. The summed E-state index contributed by atoms with van der Waals surface area (Å²) in [6, 6.07) is 128. The Hall–Kier alpha value is -13.7. The van der Waals surface area contributed by atoms with Gasteiger partial charge in [0.1, 0.15) is 22.3 Å². The lowest BCUT2D eigenvalue weighted by Crippen LogP contribution is -2.20. The highest BCUT2D eigenvalue weighted by Gasteiger charge is 2.27. The van der Waals surface area contributed by atoms with Crippen LogP contribution in [0.15, 0.2) is 355 Å². The van der Waals surface area contributed by atoms with E-state index in [9.17, 15) is 0 Å². The zero-order valence-corrected chi connectivity index (χ0v) is 61.7. The Balaban J connectivity index is 0.519. The zero-order chi connectivity index (χ0) is 73.3. The monoisotopic (exact) mass is 1410 g/mol. The Labute approximate surface area is 635 Å². The molecular weight excluding hydrogens is 1340 g/mol. The molecule has 0 N–H and O–H groups in total. The molecule has 0 aliphatic heterocycles. The van der Waals surface area contributed by atoms with Gasteiger partial charge in [-0.15, -0.1) is 0 Å². The van der Waals surface area contributed by atoms with Crippen molar-refractivity contribution in [2.24, 2.45) is 0 Å². The van der Waals surface area contributed by atoms with E-state index < -0.39 is 0 Å². The number of aromatic nitrogens is 4. The summed E-state index contributed by atoms with van der Waals surface area (Å²) < 4.78 is 22.4. The molecule has 6 heteroatoms. The summed E-state index contributed by atoms with van der Waals surface area (Å²) in [5, 5.41) is 14.4. The normalized spacial score (nSPS) is 12.4. The van der Waals surface area contributed by atoms with Gasteiger partial charge in [-0.1, -0.05) is 241 Å². The molecule has 110 heavy (non-hydrogen) atoms. The molecular formula is C104H74N4O2. The van der Waals surface area contributed by atoms with E-state index in [0.717, 1.165) is 73.0 Å². The van der Waals surface area contributed by atoms with Gasteiger partial charge in [-0.2, -0.15) is 0 Å². The zero-order valence-electron chi connectivity index (χ0n) is 61.7. The number of para-hydroxylation sites is 5. The third kappa shape index (κ3) is 10.0. The maximum absolute atomic E-state index is 6.39. The van der Waals surface area contributed by atoms with Crippen LogP contribution in [-0.2, 0) is 17.3 Å². The summed E-state index contributed by atoms with van der Waals surface area (Å²) in [5.41, 5.74) is 30.8. The van der Waals surface area contributed by atoms with Gasteiger partial charge in [0.15, 0.2) is 0 Å². The van der Waals surface area contributed by atoms with Crippen LogP contribution in [0.5, 0.6) is 0 Å². The molecule has 6 aromatic heterocycles. The van der Waals surface area contributed by atoms with Crippen molar-refractivity contribution in [1.29, 1.82) is 0 Å². The maximum Gasteiger partial charge on any atom is 0.137 e. The highest BCUT2D eigenvalue weighted by atomic mass is 16.3. The van der Waals surface area contributed by atoms with E-state index >= 15 is 0 Å². The molecule has 0 unspecified atom stereocenters. The quantitative estimate of drug-likeness (QED) is 0.130. The van der Waals surface area contributed by atoms with Gasteiger partial charge in [0, 0.05) is 82.0 Å². The minimum Gasteiger partial charge on any atom is -0.456 e. The third-order valence-corrected chi connectivity index (χ3v) is 23.7. The fourth-order valence-corrected chi connectivity index (χ4v) is 18.1. The second kappa shape index (κ2) is 24.2. The number of rotatable bonds is 11. The van der Waals surface area contributed by atoms with Crippen molar-refractivity contribution in [2.45, 2.75) is 51.9 Å². The molecule has 0 atom stereocenters. The predicted molar refractivity (Wildman–Crippen MR) is 462 cm³/mol. The molecule has 0 radical (unpaired) electrons. The van der Waals surface area contributed by atoms with E-state index in [4.69, 9.17) is 8.83 Å². The number of fused-ring (bicyclic) bond motifs is 19. The van der Waals surface area contributed by atoms with Crippen molar-refractivity contribution in [3.63, 3.8) is 0 Å². The van der Waals surface area contributed by atoms with Crippen molar-refractivity contribution in [3.05, 3.63) is 362 Å². The maximum atomic E-state index is 6.39. The lowest BCUT2D eigenvalue weighted by Gasteiger charge is -2.26. The summed E-state index contributed by atoms with van der Waals surface area (Å²) in [7, 11) is 0. The largest absolute Gasteiger partial charge is 0.456 e. The second-order valence-electron chi connectivity index (χ2n) is 31.8. The van der Waals surface area contributed by atoms with Gasteiger partial charge in [0.05, 0.1) is 49.5 Å². The number of hydrogen-bond donors (Lipinski definition) is 0. The van der Waals surface area contributed by atoms with Crippen LogP contribution in [0.25, 0.3) is 198 Å². The molecule has 0 saturated carbocycles. The molecule has 6 heterocycles. The average molecular weight is 1410 g/mol. The van der Waals surface area contributed by atoms with E-state index in [1.54, 1.807) is 0 Å². The van der Waals surface area contributed by atoms with Crippen molar-refractivity contribution >= 4 is 131 Å². The van der Waals surface area contributed by atoms with Gasteiger partial charge < -0.3 is 27.1 Å². The summed E-state index contributed by atoms with van der Waals surface area (Å²) in [5.74, 6) is 0. The van der Waals surface area contributed by atoms with Crippen LogP contribution in [0.2, 0.25) is 0 Å². The standard InChI is InChI=1S/C104H74N4O2/c1-103(2,3)73-43-55-95-87(59-73)85-58-64(26-54-93(85)106(95)76-47-37-70(38-48-76)66-27-29-67(30-28-66)71-39-49-77(50-40-71)107-91-22-12-8-18-81(91)88-62-100-89(61-96(88)107)82-19-9-14-24-97(82)110-100)63-104(4,5)74-44-56-94-86(60-74)80-17-7-11-21-90(80)105(94)75-45-35-69(36-46-75)65-31-33-68(34-32-65)72-41-51-78(52-42-72)108-92-23-13-6-16-79(92)83-53-57-99-101(102(83)108)84-20-10-15-25-98(84)109-99/h6-62H,63H2,1-5H3. The topological polar surface area (TPSA) is 46.0 Å². The smallest absolute Gasteiger partial charge is 0.137 e. The molecule has 522 valence electrons. The predicted octanol–water partition coefficient (Wildman–Crippen LogP) is 28.4. The first-order valence-electron chi connectivity index (χ1n) is 38.3. The minimum atomic E-state index is -0.183. The average Bonchev–Trinajstić information content (AvgIpc) is 1.57. The van der Waals surface area contributed by atoms with E-state index in [-0.39, 0.29) is 10.8 Å². The summed E-state index contributed by atoms with van der Waals surface area (Å²) >= 11 is 0. The summed E-state index contributed by atoms with van der Waals surface area (Å²) in [6.07, 6.45) is 0.875. The van der Waals surface area contributed by atoms with Crippen LogP contribution >= 0.6 is 0 Å². The number of furan rings is 2. The van der Waals surface area contributed by atoms with Crippen LogP contribution in [0.3, 0.4) is 0 Å². The number of hydrogen-bond acceptors (Lipinski definition) is 2. The first kappa shape index (κ1) is 63.6. The highest BCUT2D eigenvalue weighted by molar-refractivity contribution is 6.25. The van der Waals surface area contributed by atoms with Crippen LogP contribution < -0.4 is 0 Å². The Morgan fingerprint density at radius 1 is 0.227 bits per heavy atom. The summed E-state index contributed by atoms with van der Waals surface area (Å²) in [4.78, 5) is 0. The lowest BCUT2D eigenvalue weighted by atomic mass is 9.78.